The average molecular weight is 397 g/mol. The van der Waals surface area contributed by atoms with Gasteiger partial charge in [0.15, 0.2) is 0 Å². The molecule has 26 heavy (non-hydrogen) atoms. The maximum absolute atomic E-state index is 12.2. The van der Waals surface area contributed by atoms with Gasteiger partial charge >= 0.3 is 6.09 Å². The lowest BCUT2D eigenvalue weighted by Gasteiger charge is -2.31. The first-order chi connectivity index (χ1) is 12.2. The fraction of sp³-hybridized carbons (Fsp3) is 0.368. The van der Waals surface area contributed by atoms with Crippen LogP contribution in [0.4, 0.5) is 4.79 Å². The number of carbonyl (C=O) groups is 1. The van der Waals surface area contributed by atoms with Gasteiger partial charge in [0.25, 0.3) is 0 Å². The quantitative estimate of drug-likeness (QED) is 0.701. The van der Waals surface area contributed by atoms with Crippen molar-refractivity contribution in [3.63, 3.8) is 0 Å². The van der Waals surface area contributed by atoms with E-state index in [0.717, 1.165) is 29.8 Å². The fourth-order valence-corrected chi connectivity index (χ4v) is 2.91. The van der Waals surface area contributed by atoms with Gasteiger partial charge in [-0.2, -0.15) is 0 Å². The number of ether oxygens (including phenoxy) is 2. The van der Waals surface area contributed by atoms with E-state index in [1.807, 2.05) is 42.5 Å². The number of nitrogens with zero attached hydrogens (tertiary/aromatic N) is 2. The molecule has 1 fully saturated rings. The van der Waals surface area contributed by atoms with E-state index in [9.17, 15) is 4.79 Å². The van der Waals surface area contributed by atoms with Crippen LogP contribution in [-0.2, 0) is 17.2 Å². The Morgan fingerprint density at radius 1 is 1.19 bits per heavy atom. The highest BCUT2D eigenvalue weighted by atomic mass is 35.5. The summed E-state index contributed by atoms with van der Waals surface area (Å²) in [6, 6.07) is 13.4. The Kier molecular flexibility index (Phi) is 8.01. The second-order valence-corrected chi connectivity index (χ2v) is 6.23. The van der Waals surface area contributed by atoms with Crippen molar-refractivity contribution in [3.8, 4) is 5.75 Å². The van der Waals surface area contributed by atoms with Gasteiger partial charge in [-0.15, -0.1) is 24.0 Å². The third-order valence-electron chi connectivity index (χ3n) is 4.13. The number of hydrogen-bond acceptors (Lipinski definition) is 4. The molecule has 0 N–H and O–H groups in total. The molecule has 3 rings (SSSR count). The molecule has 0 saturated carbocycles. The van der Waals surface area contributed by atoms with E-state index in [1.54, 1.807) is 11.1 Å². The maximum atomic E-state index is 12.2. The summed E-state index contributed by atoms with van der Waals surface area (Å²) in [6.07, 6.45) is 3.07. The summed E-state index contributed by atoms with van der Waals surface area (Å²) in [7, 11) is 0. The summed E-state index contributed by atoms with van der Waals surface area (Å²) in [6.45, 7) is 1.56. The highest BCUT2D eigenvalue weighted by Gasteiger charge is 2.25. The van der Waals surface area contributed by atoms with E-state index in [1.165, 1.54) is 0 Å². The molecule has 0 atom stereocenters. The topological polar surface area (TPSA) is 51.7 Å². The number of aromatic nitrogens is 1. The molecule has 1 amide bonds. The third kappa shape index (κ3) is 5.78. The van der Waals surface area contributed by atoms with E-state index in [-0.39, 0.29) is 24.6 Å². The highest BCUT2D eigenvalue weighted by molar-refractivity contribution is 6.16. The Hall–Kier alpha value is -1.98. The van der Waals surface area contributed by atoms with Crippen LogP contribution < -0.4 is 4.74 Å². The van der Waals surface area contributed by atoms with E-state index in [0.29, 0.717) is 25.6 Å². The smallest absolute Gasteiger partial charge is 0.410 e. The molecule has 1 aromatic heterocycles. The third-order valence-corrected chi connectivity index (χ3v) is 4.41. The summed E-state index contributed by atoms with van der Waals surface area (Å²) in [5, 5.41) is 0. The Morgan fingerprint density at radius 3 is 2.62 bits per heavy atom. The van der Waals surface area contributed by atoms with Gasteiger partial charge in [-0.25, -0.2) is 4.79 Å². The molecular weight excluding hydrogens is 375 g/mol. The molecule has 0 radical (unpaired) electrons. The zero-order valence-corrected chi connectivity index (χ0v) is 15.9. The molecule has 0 bridgehead atoms. The largest absolute Gasteiger partial charge is 0.490 e. The maximum Gasteiger partial charge on any atom is 0.410 e. The number of amides is 1. The summed E-state index contributed by atoms with van der Waals surface area (Å²) in [4.78, 5) is 18.0. The molecule has 1 aromatic carbocycles. The van der Waals surface area contributed by atoms with Crippen LogP contribution in [-0.4, -0.2) is 35.2 Å². The lowest BCUT2D eigenvalue weighted by atomic mass is 10.1. The van der Waals surface area contributed by atoms with Gasteiger partial charge in [0.2, 0.25) is 0 Å². The summed E-state index contributed by atoms with van der Waals surface area (Å²) >= 11 is 5.79. The molecule has 0 spiro atoms. The Bertz CT molecular complexity index is 692. The van der Waals surface area contributed by atoms with Crippen LogP contribution in [0.25, 0.3) is 0 Å². The molecule has 2 aromatic rings. The van der Waals surface area contributed by atoms with E-state index >= 15 is 0 Å². The van der Waals surface area contributed by atoms with Crippen LogP contribution in [0.2, 0.25) is 0 Å². The number of carbonyl (C=O) groups excluding carboxylic acids is 1. The predicted molar refractivity (Wildman–Crippen MR) is 103 cm³/mol. The van der Waals surface area contributed by atoms with Gasteiger partial charge in [-0.05, 0) is 11.6 Å². The van der Waals surface area contributed by atoms with E-state index in [4.69, 9.17) is 21.1 Å². The number of pyridine rings is 1. The van der Waals surface area contributed by atoms with Crippen LogP contribution >= 0.6 is 24.0 Å². The fourth-order valence-electron chi connectivity index (χ4n) is 2.76. The number of rotatable bonds is 5. The molecule has 140 valence electrons. The number of benzene rings is 1. The van der Waals surface area contributed by atoms with E-state index < -0.39 is 0 Å². The van der Waals surface area contributed by atoms with Crippen molar-refractivity contribution in [1.82, 2.24) is 9.88 Å². The van der Waals surface area contributed by atoms with Gasteiger partial charge in [-0.1, -0.05) is 30.3 Å². The monoisotopic (exact) mass is 396 g/mol. The van der Waals surface area contributed by atoms with Crippen molar-refractivity contribution in [2.45, 2.75) is 31.4 Å². The zero-order chi connectivity index (χ0) is 17.5. The Balaban J connectivity index is 0.00000243. The van der Waals surface area contributed by atoms with Crippen molar-refractivity contribution < 1.29 is 14.3 Å². The number of halogens is 2. The number of alkyl halides is 1. The van der Waals surface area contributed by atoms with Crippen LogP contribution in [0, 0.1) is 0 Å². The molecule has 1 aliphatic heterocycles. The molecule has 0 aliphatic carbocycles. The lowest BCUT2D eigenvalue weighted by Crippen LogP contribution is -2.42. The van der Waals surface area contributed by atoms with Gasteiger partial charge in [0.1, 0.15) is 18.5 Å². The van der Waals surface area contributed by atoms with Gasteiger partial charge < -0.3 is 14.4 Å². The normalized spacial score (nSPS) is 14.4. The molecule has 2 heterocycles. The van der Waals surface area contributed by atoms with Crippen LogP contribution in [0.3, 0.4) is 0 Å². The molecule has 7 heteroatoms. The van der Waals surface area contributed by atoms with Gasteiger partial charge in [-0.3, -0.25) is 4.98 Å². The van der Waals surface area contributed by atoms with Crippen molar-refractivity contribution in [3.05, 3.63) is 59.9 Å². The predicted octanol–water partition coefficient (Wildman–Crippen LogP) is 4.42. The number of hydrogen-bond donors (Lipinski definition) is 0. The minimum atomic E-state index is -0.268. The molecular formula is C19H22Cl2N2O3. The molecule has 5 nitrogen and oxygen atoms in total. The highest BCUT2D eigenvalue weighted by Crippen LogP contribution is 2.20. The SMILES string of the molecule is Cl.O=C(OCc1ccccc1)N1CCC(Oc2ccnc(CCl)c2)CC1. The second kappa shape index (κ2) is 10.2. The Labute approximate surface area is 164 Å². The standard InChI is InChI=1S/C19H21ClN2O3.ClH/c20-13-16-12-18(6-9-21-16)25-17-7-10-22(11-8-17)19(23)24-14-15-4-2-1-3-5-15;/h1-6,9,12,17H,7-8,10-11,13-14H2;1H. The minimum absolute atomic E-state index is 0. The first kappa shape index (κ1) is 20.3. The Morgan fingerprint density at radius 2 is 1.92 bits per heavy atom. The van der Waals surface area contributed by atoms with E-state index in [2.05, 4.69) is 4.98 Å². The van der Waals surface area contributed by atoms with Crippen molar-refractivity contribution in [2.75, 3.05) is 13.1 Å². The first-order valence-electron chi connectivity index (χ1n) is 8.38. The van der Waals surface area contributed by atoms with Crippen LogP contribution in [0.5, 0.6) is 5.75 Å². The van der Waals surface area contributed by atoms with Crippen molar-refractivity contribution in [1.29, 1.82) is 0 Å². The van der Waals surface area contributed by atoms with Crippen LogP contribution in [0.1, 0.15) is 24.1 Å². The van der Waals surface area contributed by atoms with Gasteiger partial charge in [0, 0.05) is 38.2 Å². The molecule has 0 unspecified atom stereocenters. The first-order valence-corrected chi connectivity index (χ1v) is 8.91. The average Bonchev–Trinajstić information content (AvgIpc) is 2.67. The van der Waals surface area contributed by atoms with Crippen molar-refractivity contribution >= 4 is 30.1 Å². The molecule has 1 aliphatic rings. The van der Waals surface area contributed by atoms with Crippen molar-refractivity contribution in [2.24, 2.45) is 0 Å². The van der Waals surface area contributed by atoms with Gasteiger partial charge in [0.05, 0.1) is 11.6 Å². The minimum Gasteiger partial charge on any atom is -0.490 e. The molecule has 1 saturated heterocycles. The summed E-state index contributed by atoms with van der Waals surface area (Å²) < 4.78 is 11.4. The lowest BCUT2D eigenvalue weighted by molar-refractivity contribution is 0.0638. The second-order valence-electron chi connectivity index (χ2n) is 5.96. The summed E-state index contributed by atoms with van der Waals surface area (Å²) in [5.74, 6) is 1.14. The summed E-state index contributed by atoms with van der Waals surface area (Å²) in [5.41, 5.74) is 1.78. The van der Waals surface area contributed by atoms with Crippen LogP contribution in [0.15, 0.2) is 48.7 Å². The zero-order valence-electron chi connectivity index (χ0n) is 14.3. The number of likely N-dealkylation sites (tertiary alicyclic amines) is 1. The number of piperidine rings is 1.